The molecule has 2 nitrogen and oxygen atoms in total. The highest BCUT2D eigenvalue weighted by atomic mass is 32.1. The summed E-state index contributed by atoms with van der Waals surface area (Å²) in [6.07, 6.45) is 2.00. The molecule has 1 aromatic carbocycles. The van der Waals surface area contributed by atoms with E-state index in [-0.39, 0.29) is 5.78 Å². The number of thiophene rings is 1. The Bertz CT molecular complexity index is 706. The molecule has 0 saturated carbocycles. The molecule has 0 N–H and O–H groups in total. The van der Waals surface area contributed by atoms with Crippen LogP contribution in [0.1, 0.15) is 21.7 Å². The number of carbonyl (C=O) groups is 1. The Morgan fingerprint density at radius 1 is 1.28 bits per heavy atom. The van der Waals surface area contributed by atoms with Gasteiger partial charge in [-0.15, -0.1) is 11.3 Å². The van der Waals surface area contributed by atoms with E-state index in [9.17, 15) is 4.79 Å². The number of rotatable bonds is 3. The first-order valence-corrected chi connectivity index (χ1v) is 6.66. The van der Waals surface area contributed by atoms with Crippen LogP contribution in [0.2, 0.25) is 0 Å². The normalized spacial score (nSPS) is 10.9. The quantitative estimate of drug-likeness (QED) is 0.656. The summed E-state index contributed by atoms with van der Waals surface area (Å²) in [6.45, 7) is 1.82. The lowest BCUT2D eigenvalue weighted by atomic mass is 10.0. The first-order valence-electron chi connectivity index (χ1n) is 5.78. The third kappa shape index (κ3) is 1.87. The van der Waals surface area contributed by atoms with Crippen molar-refractivity contribution in [2.75, 3.05) is 0 Å². The number of aryl methyl sites for hydroxylation is 1. The predicted molar refractivity (Wildman–Crippen MR) is 73.3 cm³/mol. The molecule has 18 heavy (non-hydrogen) atoms. The van der Waals surface area contributed by atoms with Gasteiger partial charge in [-0.25, -0.2) is 0 Å². The fourth-order valence-corrected chi connectivity index (χ4v) is 3.07. The third-order valence-electron chi connectivity index (χ3n) is 3.07. The zero-order valence-electron chi connectivity index (χ0n) is 9.97. The van der Waals surface area contributed by atoms with Crippen molar-refractivity contribution < 1.29 is 9.21 Å². The molecule has 3 heteroatoms. The van der Waals surface area contributed by atoms with Crippen molar-refractivity contribution >= 4 is 27.2 Å². The van der Waals surface area contributed by atoms with Crippen LogP contribution in [0.3, 0.4) is 0 Å². The minimum atomic E-state index is 0.116. The van der Waals surface area contributed by atoms with E-state index in [1.807, 2.05) is 19.1 Å². The van der Waals surface area contributed by atoms with Gasteiger partial charge in [0.25, 0.3) is 0 Å². The Labute approximate surface area is 109 Å². The Morgan fingerprint density at radius 2 is 2.11 bits per heavy atom. The van der Waals surface area contributed by atoms with Gasteiger partial charge in [-0.1, -0.05) is 18.2 Å². The van der Waals surface area contributed by atoms with Gasteiger partial charge in [0.05, 0.1) is 11.8 Å². The highest BCUT2D eigenvalue weighted by Crippen LogP contribution is 2.27. The van der Waals surface area contributed by atoms with Gasteiger partial charge in [-0.3, -0.25) is 4.79 Å². The van der Waals surface area contributed by atoms with E-state index < -0.39 is 0 Å². The summed E-state index contributed by atoms with van der Waals surface area (Å²) in [5.41, 5.74) is 1.78. The summed E-state index contributed by atoms with van der Waals surface area (Å²) < 4.78 is 6.40. The molecule has 0 unspecified atom stereocenters. The Kier molecular flexibility index (Phi) is 2.76. The topological polar surface area (TPSA) is 30.2 Å². The van der Waals surface area contributed by atoms with E-state index >= 15 is 0 Å². The fourth-order valence-electron chi connectivity index (χ4n) is 2.11. The molecule has 0 amide bonds. The van der Waals surface area contributed by atoms with E-state index in [1.54, 1.807) is 23.7 Å². The molecular formula is C15H12O2S. The molecule has 3 aromatic rings. The van der Waals surface area contributed by atoms with Crippen LogP contribution in [0.25, 0.3) is 10.1 Å². The van der Waals surface area contributed by atoms with E-state index in [2.05, 4.69) is 17.5 Å². The molecule has 0 saturated heterocycles. The highest BCUT2D eigenvalue weighted by molar-refractivity contribution is 7.17. The molecule has 0 atom stereocenters. The molecule has 90 valence electrons. The van der Waals surface area contributed by atoms with Gasteiger partial charge < -0.3 is 4.42 Å². The maximum Gasteiger partial charge on any atom is 0.170 e. The first-order chi connectivity index (χ1) is 8.75. The Hall–Kier alpha value is -1.87. The van der Waals surface area contributed by atoms with Crippen molar-refractivity contribution in [1.82, 2.24) is 0 Å². The molecule has 3 rings (SSSR count). The molecule has 0 bridgehead atoms. The van der Waals surface area contributed by atoms with E-state index in [4.69, 9.17) is 4.42 Å². The number of carbonyl (C=O) groups excluding carboxylic acids is 1. The molecule has 0 aliphatic carbocycles. The summed E-state index contributed by atoms with van der Waals surface area (Å²) in [5, 5.41) is 3.25. The Balaban J connectivity index is 1.93. The van der Waals surface area contributed by atoms with Crippen molar-refractivity contribution in [2.24, 2.45) is 0 Å². The minimum Gasteiger partial charge on any atom is -0.469 e. The van der Waals surface area contributed by atoms with Crippen molar-refractivity contribution in [3.63, 3.8) is 0 Å². The maximum absolute atomic E-state index is 12.2. The monoisotopic (exact) mass is 256 g/mol. The molecule has 0 fully saturated rings. The molecule has 0 radical (unpaired) electrons. The largest absolute Gasteiger partial charge is 0.469 e. The second kappa shape index (κ2) is 4.42. The molecule has 2 aromatic heterocycles. The van der Waals surface area contributed by atoms with E-state index in [0.717, 1.165) is 5.56 Å². The molecule has 0 aliphatic rings. The van der Waals surface area contributed by atoms with Crippen molar-refractivity contribution in [1.29, 1.82) is 0 Å². The number of hydrogen-bond acceptors (Lipinski definition) is 3. The number of furan rings is 1. The van der Waals surface area contributed by atoms with Crippen LogP contribution >= 0.6 is 11.3 Å². The van der Waals surface area contributed by atoms with Crippen LogP contribution in [0.15, 0.2) is 46.4 Å². The maximum atomic E-state index is 12.2. The molecule has 0 spiro atoms. The summed E-state index contributed by atoms with van der Waals surface area (Å²) in [7, 11) is 0. The first kappa shape index (κ1) is 11.2. The standard InChI is InChI=1S/C15H12O2S/c1-10-12(6-7-17-10)14(16)8-11-9-18-15-5-3-2-4-13(11)15/h2-7,9H,8H2,1H3. The van der Waals surface area contributed by atoms with Crippen LogP contribution in [0.5, 0.6) is 0 Å². The summed E-state index contributed by atoms with van der Waals surface area (Å²) in [4.78, 5) is 12.2. The van der Waals surface area contributed by atoms with Gasteiger partial charge in [0, 0.05) is 11.1 Å². The summed E-state index contributed by atoms with van der Waals surface area (Å²) >= 11 is 1.68. The van der Waals surface area contributed by atoms with Crippen molar-refractivity contribution in [3.05, 3.63) is 58.9 Å². The van der Waals surface area contributed by atoms with Gasteiger partial charge in [0.1, 0.15) is 5.76 Å². The van der Waals surface area contributed by atoms with Crippen molar-refractivity contribution in [3.8, 4) is 0 Å². The van der Waals surface area contributed by atoms with Crippen LogP contribution in [0.4, 0.5) is 0 Å². The molecular weight excluding hydrogens is 244 g/mol. The van der Waals surface area contributed by atoms with Gasteiger partial charge in [0.15, 0.2) is 5.78 Å². The molecule has 0 aliphatic heterocycles. The predicted octanol–water partition coefficient (Wildman–Crippen LogP) is 4.23. The number of Topliss-reactive ketones (excluding diaryl/α,β-unsaturated/α-hetero) is 1. The SMILES string of the molecule is Cc1occc1C(=O)Cc1csc2ccccc12. The third-order valence-corrected chi connectivity index (χ3v) is 4.08. The highest BCUT2D eigenvalue weighted by Gasteiger charge is 2.14. The Morgan fingerprint density at radius 3 is 2.89 bits per heavy atom. The zero-order chi connectivity index (χ0) is 12.5. The van der Waals surface area contributed by atoms with E-state index in [1.165, 1.54) is 10.1 Å². The number of fused-ring (bicyclic) bond motifs is 1. The van der Waals surface area contributed by atoms with Crippen LogP contribution in [0, 0.1) is 6.92 Å². The lowest BCUT2D eigenvalue weighted by Gasteiger charge is -1.99. The average molecular weight is 256 g/mol. The van der Waals surface area contributed by atoms with Gasteiger partial charge in [0.2, 0.25) is 0 Å². The van der Waals surface area contributed by atoms with E-state index in [0.29, 0.717) is 17.7 Å². The van der Waals surface area contributed by atoms with Gasteiger partial charge in [-0.2, -0.15) is 0 Å². The second-order valence-electron chi connectivity index (χ2n) is 4.25. The zero-order valence-corrected chi connectivity index (χ0v) is 10.8. The molecule has 2 heterocycles. The fraction of sp³-hybridized carbons (Fsp3) is 0.133. The van der Waals surface area contributed by atoms with Gasteiger partial charge >= 0.3 is 0 Å². The summed E-state index contributed by atoms with van der Waals surface area (Å²) in [6, 6.07) is 9.91. The van der Waals surface area contributed by atoms with Gasteiger partial charge in [-0.05, 0) is 35.4 Å². The number of hydrogen-bond donors (Lipinski definition) is 0. The lowest BCUT2D eigenvalue weighted by molar-refractivity contribution is 0.0992. The number of ketones is 1. The number of benzene rings is 1. The summed E-state index contributed by atoms with van der Waals surface area (Å²) in [5.74, 6) is 0.810. The smallest absolute Gasteiger partial charge is 0.170 e. The minimum absolute atomic E-state index is 0.116. The van der Waals surface area contributed by atoms with Crippen LogP contribution in [-0.4, -0.2) is 5.78 Å². The average Bonchev–Trinajstić information content (AvgIpc) is 2.97. The lowest BCUT2D eigenvalue weighted by Crippen LogP contribution is -2.03. The van der Waals surface area contributed by atoms with Crippen LogP contribution < -0.4 is 0 Å². The second-order valence-corrected chi connectivity index (χ2v) is 5.16. The van der Waals surface area contributed by atoms with Crippen molar-refractivity contribution in [2.45, 2.75) is 13.3 Å². The van der Waals surface area contributed by atoms with Crippen LogP contribution in [-0.2, 0) is 6.42 Å².